The van der Waals surface area contributed by atoms with Crippen LogP contribution in [0.2, 0.25) is 0 Å². The monoisotopic (exact) mass is 385 g/mol. The van der Waals surface area contributed by atoms with Crippen molar-refractivity contribution in [2.45, 2.75) is 64.1 Å². The fourth-order valence-corrected chi connectivity index (χ4v) is 3.88. The van der Waals surface area contributed by atoms with Gasteiger partial charge in [-0.25, -0.2) is 0 Å². The van der Waals surface area contributed by atoms with E-state index in [1.54, 1.807) is 0 Å². The van der Waals surface area contributed by atoms with Gasteiger partial charge in [-0.15, -0.1) is 0 Å². The highest BCUT2D eigenvalue weighted by atomic mass is 32.2. The first-order valence-corrected chi connectivity index (χ1v) is 10.3. The fourth-order valence-electron chi connectivity index (χ4n) is 2.95. The first-order valence-electron chi connectivity index (χ1n) is 9.46. The average molecular weight is 386 g/mol. The molecular formula is C23H31NO2S. The van der Waals surface area contributed by atoms with Crippen LogP contribution in [0.15, 0.2) is 60.7 Å². The van der Waals surface area contributed by atoms with Gasteiger partial charge in [0.1, 0.15) is 0 Å². The van der Waals surface area contributed by atoms with Gasteiger partial charge in [0.2, 0.25) is 0 Å². The molecule has 0 heterocycles. The van der Waals surface area contributed by atoms with Gasteiger partial charge < -0.3 is 5.11 Å². The van der Waals surface area contributed by atoms with Crippen molar-refractivity contribution in [3.05, 3.63) is 71.8 Å². The Morgan fingerprint density at radius 1 is 0.963 bits per heavy atom. The van der Waals surface area contributed by atoms with Gasteiger partial charge in [0.25, 0.3) is 0 Å². The third-order valence-electron chi connectivity index (χ3n) is 4.39. The summed E-state index contributed by atoms with van der Waals surface area (Å²) in [7, 11) is 0. The molecular weight excluding hydrogens is 354 g/mol. The molecule has 0 bridgehead atoms. The molecule has 4 heteroatoms. The van der Waals surface area contributed by atoms with E-state index in [4.69, 9.17) is 0 Å². The highest BCUT2D eigenvalue weighted by molar-refractivity contribution is 8.14. The number of nitrogens with zero attached hydrogens (tertiary/aromatic N) is 1. The molecule has 0 aliphatic heterocycles. The second-order valence-electron chi connectivity index (χ2n) is 7.97. The van der Waals surface area contributed by atoms with Crippen molar-refractivity contribution in [1.82, 2.24) is 4.90 Å². The van der Waals surface area contributed by atoms with Gasteiger partial charge in [0.15, 0.2) is 5.12 Å². The van der Waals surface area contributed by atoms with Crippen LogP contribution in [0.1, 0.15) is 45.2 Å². The molecule has 146 valence electrons. The van der Waals surface area contributed by atoms with Crippen LogP contribution in [0.25, 0.3) is 0 Å². The molecule has 2 aromatic rings. The van der Waals surface area contributed by atoms with E-state index in [0.717, 1.165) is 13.1 Å². The summed E-state index contributed by atoms with van der Waals surface area (Å²) in [5, 5.41) is 10.8. The minimum absolute atomic E-state index is 0.0428. The lowest BCUT2D eigenvalue weighted by Gasteiger charge is -2.32. The summed E-state index contributed by atoms with van der Waals surface area (Å²) in [6.07, 6.45) is -0.525. The molecule has 0 aliphatic rings. The van der Waals surface area contributed by atoms with E-state index in [0.29, 0.717) is 0 Å². The van der Waals surface area contributed by atoms with Crippen LogP contribution in [0.4, 0.5) is 0 Å². The summed E-state index contributed by atoms with van der Waals surface area (Å²) in [6, 6.07) is 20.4. The van der Waals surface area contributed by atoms with E-state index >= 15 is 0 Å². The van der Waals surface area contributed by atoms with Crippen molar-refractivity contribution in [2.75, 3.05) is 0 Å². The van der Waals surface area contributed by atoms with E-state index < -0.39 is 6.10 Å². The molecule has 0 saturated carbocycles. The zero-order chi connectivity index (χ0) is 19.9. The van der Waals surface area contributed by atoms with Crippen molar-refractivity contribution in [1.29, 1.82) is 0 Å². The Kier molecular flexibility index (Phi) is 8.08. The molecule has 0 unspecified atom stereocenters. The van der Waals surface area contributed by atoms with Gasteiger partial charge in [0.05, 0.1) is 6.10 Å². The number of rotatable bonds is 8. The number of aliphatic hydroxyl groups is 1. The third-order valence-corrected chi connectivity index (χ3v) is 5.39. The predicted octanol–water partition coefficient (Wildman–Crippen LogP) is 4.89. The summed E-state index contributed by atoms with van der Waals surface area (Å²) >= 11 is 1.30. The van der Waals surface area contributed by atoms with Crippen LogP contribution in [-0.4, -0.2) is 32.0 Å². The molecule has 0 aromatic heterocycles. The fraction of sp³-hybridized carbons (Fsp3) is 0.435. The second kappa shape index (κ2) is 10.1. The highest BCUT2D eigenvalue weighted by Gasteiger charge is 2.26. The highest BCUT2D eigenvalue weighted by Crippen LogP contribution is 2.27. The zero-order valence-corrected chi connectivity index (χ0v) is 17.6. The van der Waals surface area contributed by atoms with Crippen molar-refractivity contribution in [2.24, 2.45) is 0 Å². The number of carbonyl (C=O) groups excluding carboxylic acids is 1. The molecule has 0 radical (unpaired) electrons. The van der Waals surface area contributed by atoms with Crippen LogP contribution in [0.3, 0.4) is 0 Å². The van der Waals surface area contributed by atoms with Gasteiger partial charge in [-0.05, 0) is 18.1 Å². The van der Waals surface area contributed by atoms with E-state index in [1.165, 1.54) is 22.9 Å². The van der Waals surface area contributed by atoms with Crippen LogP contribution < -0.4 is 0 Å². The van der Waals surface area contributed by atoms with E-state index in [-0.39, 0.29) is 22.3 Å². The lowest BCUT2D eigenvalue weighted by Crippen LogP contribution is -2.41. The Balaban J connectivity index is 2.09. The van der Waals surface area contributed by atoms with Crippen LogP contribution in [0, 0.1) is 0 Å². The Bertz CT molecular complexity index is 656. The Labute approximate surface area is 167 Å². The third kappa shape index (κ3) is 7.87. The maximum absolute atomic E-state index is 12.3. The first kappa shape index (κ1) is 21.7. The van der Waals surface area contributed by atoms with E-state index in [1.807, 2.05) is 64.1 Å². The molecule has 0 aliphatic carbocycles. The number of aliphatic hydroxyl groups excluding tert-OH is 1. The number of hydrogen-bond acceptors (Lipinski definition) is 4. The molecule has 0 saturated heterocycles. The number of thioether (sulfide) groups is 1. The Morgan fingerprint density at radius 2 is 1.41 bits per heavy atom. The second-order valence-corrected chi connectivity index (χ2v) is 9.86. The normalized spacial score (nSPS) is 14.1. The maximum Gasteiger partial charge on any atom is 0.192 e. The number of carbonyl (C=O) groups is 1. The first-order chi connectivity index (χ1) is 12.7. The Hall–Kier alpha value is -1.62. The summed E-state index contributed by atoms with van der Waals surface area (Å²) in [4.78, 5) is 14.5. The smallest absolute Gasteiger partial charge is 0.192 e. The molecule has 2 atom stereocenters. The molecule has 0 fully saturated rings. The molecule has 2 rings (SSSR count). The van der Waals surface area contributed by atoms with E-state index in [2.05, 4.69) is 29.2 Å². The van der Waals surface area contributed by atoms with Crippen molar-refractivity contribution in [3.63, 3.8) is 0 Å². The van der Waals surface area contributed by atoms with Gasteiger partial charge in [-0.1, -0.05) is 93.2 Å². The van der Waals surface area contributed by atoms with Gasteiger partial charge >= 0.3 is 0 Å². The standard InChI is InChI=1S/C23H31NO2S/c1-18(21(25)15-22(26)27-23(2,3)4)24(16-19-11-7-5-8-12-19)17-20-13-9-6-10-14-20/h5-14,18,21,25H,15-17H2,1-4H3/t18-,21-/m1/s1. The molecule has 0 spiro atoms. The molecule has 27 heavy (non-hydrogen) atoms. The molecule has 1 N–H and O–H groups in total. The lowest BCUT2D eigenvalue weighted by atomic mass is 10.1. The maximum atomic E-state index is 12.3. The van der Waals surface area contributed by atoms with Crippen LogP contribution in [0.5, 0.6) is 0 Å². The summed E-state index contributed by atoms with van der Waals surface area (Å²) < 4.78 is -0.131. The summed E-state index contributed by atoms with van der Waals surface area (Å²) in [6.45, 7) is 9.52. The number of hydrogen-bond donors (Lipinski definition) is 1. The van der Waals surface area contributed by atoms with Gasteiger partial charge in [-0.2, -0.15) is 0 Å². The summed E-state index contributed by atoms with van der Waals surface area (Å²) in [5.74, 6) is 0. The van der Waals surface area contributed by atoms with Gasteiger partial charge in [0, 0.05) is 30.3 Å². The Morgan fingerprint density at radius 3 is 1.81 bits per heavy atom. The predicted molar refractivity (Wildman–Crippen MR) is 115 cm³/mol. The average Bonchev–Trinajstić information content (AvgIpc) is 2.60. The largest absolute Gasteiger partial charge is 0.391 e. The number of benzene rings is 2. The van der Waals surface area contributed by atoms with Gasteiger partial charge in [-0.3, -0.25) is 9.69 Å². The van der Waals surface area contributed by atoms with Crippen molar-refractivity contribution < 1.29 is 9.90 Å². The van der Waals surface area contributed by atoms with E-state index in [9.17, 15) is 9.90 Å². The minimum atomic E-state index is -0.695. The quantitative estimate of drug-likeness (QED) is 0.703. The zero-order valence-electron chi connectivity index (χ0n) is 16.8. The van der Waals surface area contributed by atoms with Crippen molar-refractivity contribution in [3.8, 4) is 0 Å². The molecule has 3 nitrogen and oxygen atoms in total. The van der Waals surface area contributed by atoms with Crippen LogP contribution >= 0.6 is 11.8 Å². The molecule has 0 amide bonds. The lowest BCUT2D eigenvalue weighted by molar-refractivity contribution is -0.113. The topological polar surface area (TPSA) is 40.5 Å². The summed E-state index contributed by atoms with van der Waals surface area (Å²) in [5.41, 5.74) is 2.39. The minimum Gasteiger partial charge on any atom is -0.391 e. The SMILES string of the molecule is C[C@H]([C@H](O)CC(=O)SC(C)(C)C)N(Cc1ccccc1)Cc1ccccc1. The van der Waals surface area contributed by atoms with Crippen molar-refractivity contribution >= 4 is 16.9 Å². The molecule has 2 aromatic carbocycles. The van der Waals surface area contributed by atoms with Crippen LogP contribution in [-0.2, 0) is 17.9 Å².